The van der Waals surface area contributed by atoms with E-state index in [0.29, 0.717) is 5.56 Å². The molecule has 98 valence electrons. The van der Waals surface area contributed by atoms with Gasteiger partial charge in [0.15, 0.2) is 5.78 Å². The number of carbonyl (C=O) groups excluding carboxylic acids is 1. The molecule has 0 heterocycles. The predicted octanol–water partition coefficient (Wildman–Crippen LogP) is 4.58. The fourth-order valence-electron chi connectivity index (χ4n) is 1.87. The Kier molecular flexibility index (Phi) is 3.80. The second-order valence-corrected chi connectivity index (χ2v) is 5.26. The first-order valence-electron chi connectivity index (χ1n) is 5.66. The van der Waals surface area contributed by atoms with E-state index in [-0.39, 0.29) is 11.3 Å². The van der Waals surface area contributed by atoms with Crippen LogP contribution in [0.4, 0.5) is 8.78 Å². The summed E-state index contributed by atoms with van der Waals surface area (Å²) in [5.41, 5.74) is 2.12. The monoisotopic (exact) mass is 324 g/mol. The van der Waals surface area contributed by atoms with E-state index in [1.54, 1.807) is 13.0 Å². The average molecular weight is 325 g/mol. The molecule has 0 fully saturated rings. The Hall–Kier alpha value is -1.55. The van der Waals surface area contributed by atoms with Crippen LogP contribution in [-0.2, 0) is 0 Å². The third-order valence-corrected chi connectivity index (χ3v) is 3.73. The normalized spacial score (nSPS) is 10.6. The van der Waals surface area contributed by atoms with E-state index in [1.165, 1.54) is 0 Å². The van der Waals surface area contributed by atoms with Crippen LogP contribution in [0.2, 0.25) is 0 Å². The Balaban J connectivity index is 2.53. The van der Waals surface area contributed by atoms with Crippen molar-refractivity contribution in [3.05, 3.63) is 68.7 Å². The molecule has 0 aliphatic carbocycles. The summed E-state index contributed by atoms with van der Waals surface area (Å²) in [6.07, 6.45) is 0. The number of halogens is 3. The molecule has 2 aromatic carbocycles. The van der Waals surface area contributed by atoms with Crippen molar-refractivity contribution in [1.82, 2.24) is 0 Å². The smallest absolute Gasteiger partial charge is 0.193 e. The van der Waals surface area contributed by atoms with Crippen molar-refractivity contribution in [3.8, 4) is 0 Å². The van der Waals surface area contributed by atoms with Crippen molar-refractivity contribution in [1.29, 1.82) is 0 Å². The second kappa shape index (κ2) is 5.21. The lowest BCUT2D eigenvalue weighted by atomic mass is 9.97. The van der Waals surface area contributed by atoms with E-state index in [2.05, 4.69) is 15.9 Å². The Morgan fingerprint density at radius 2 is 1.53 bits per heavy atom. The van der Waals surface area contributed by atoms with Gasteiger partial charge in [-0.15, -0.1) is 0 Å². The van der Waals surface area contributed by atoms with E-state index in [4.69, 9.17) is 0 Å². The summed E-state index contributed by atoms with van der Waals surface area (Å²) in [4.78, 5) is 12.3. The van der Waals surface area contributed by atoms with Crippen molar-refractivity contribution in [2.75, 3.05) is 0 Å². The van der Waals surface area contributed by atoms with Crippen LogP contribution in [-0.4, -0.2) is 5.78 Å². The van der Waals surface area contributed by atoms with Crippen LogP contribution in [0.1, 0.15) is 27.0 Å². The lowest BCUT2D eigenvalue weighted by Crippen LogP contribution is -2.05. The molecule has 2 rings (SSSR count). The molecule has 0 saturated carbocycles. The minimum Gasteiger partial charge on any atom is -0.289 e. The molecule has 0 bridgehead atoms. The highest BCUT2D eigenvalue weighted by Gasteiger charge is 2.15. The molecule has 0 aliphatic heterocycles. The van der Waals surface area contributed by atoms with Gasteiger partial charge in [0.25, 0.3) is 0 Å². The highest BCUT2D eigenvalue weighted by molar-refractivity contribution is 9.10. The number of hydrogen-bond acceptors (Lipinski definition) is 1. The maximum atomic E-state index is 13.1. The summed E-state index contributed by atoms with van der Waals surface area (Å²) in [6, 6.07) is 6.36. The van der Waals surface area contributed by atoms with E-state index in [0.717, 1.165) is 33.8 Å². The minimum absolute atomic E-state index is 0.0160. The molecule has 0 unspecified atom stereocenters. The van der Waals surface area contributed by atoms with Gasteiger partial charge < -0.3 is 0 Å². The maximum Gasteiger partial charge on any atom is 0.193 e. The highest BCUT2D eigenvalue weighted by Crippen LogP contribution is 2.23. The summed E-state index contributed by atoms with van der Waals surface area (Å²) in [5.74, 6) is -1.89. The molecule has 0 saturated heterocycles. The quantitative estimate of drug-likeness (QED) is 0.739. The standard InChI is InChI=1S/C15H11BrF2O/c1-8-4-14(16)9(2)3-13(8)15(19)10-5-11(17)7-12(18)6-10/h3-7H,1-2H3. The molecule has 0 radical (unpaired) electrons. The fourth-order valence-corrected chi connectivity index (χ4v) is 2.32. The Bertz CT molecular complexity index is 645. The van der Waals surface area contributed by atoms with E-state index < -0.39 is 11.6 Å². The molecular weight excluding hydrogens is 314 g/mol. The van der Waals surface area contributed by atoms with Crippen LogP contribution in [0.15, 0.2) is 34.8 Å². The summed E-state index contributed by atoms with van der Waals surface area (Å²) in [7, 11) is 0. The highest BCUT2D eigenvalue weighted by atomic mass is 79.9. The first-order valence-corrected chi connectivity index (χ1v) is 6.45. The summed E-state index contributed by atoms with van der Waals surface area (Å²) >= 11 is 3.38. The number of rotatable bonds is 2. The van der Waals surface area contributed by atoms with Gasteiger partial charge in [0.2, 0.25) is 0 Å². The lowest BCUT2D eigenvalue weighted by molar-refractivity contribution is 0.103. The van der Waals surface area contributed by atoms with Gasteiger partial charge in [-0.05, 0) is 49.2 Å². The van der Waals surface area contributed by atoms with E-state index in [1.807, 2.05) is 13.0 Å². The third kappa shape index (κ3) is 2.89. The Labute approximate surface area is 118 Å². The van der Waals surface area contributed by atoms with Gasteiger partial charge >= 0.3 is 0 Å². The van der Waals surface area contributed by atoms with Gasteiger partial charge in [-0.25, -0.2) is 8.78 Å². The number of benzene rings is 2. The summed E-state index contributed by atoms with van der Waals surface area (Å²) < 4.78 is 27.2. The molecule has 19 heavy (non-hydrogen) atoms. The molecule has 0 aliphatic rings. The zero-order chi connectivity index (χ0) is 14.2. The number of aryl methyl sites for hydroxylation is 2. The molecule has 0 atom stereocenters. The minimum atomic E-state index is -0.755. The summed E-state index contributed by atoms with van der Waals surface area (Å²) in [6.45, 7) is 3.64. The lowest BCUT2D eigenvalue weighted by Gasteiger charge is -2.08. The van der Waals surface area contributed by atoms with Crippen LogP contribution in [0.25, 0.3) is 0 Å². The Morgan fingerprint density at radius 1 is 0.947 bits per heavy atom. The largest absolute Gasteiger partial charge is 0.289 e. The third-order valence-electron chi connectivity index (χ3n) is 2.87. The first-order chi connectivity index (χ1) is 8.88. The van der Waals surface area contributed by atoms with Crippen molar-refractivity contribution in [3.63, 3.8) is 0 Å². The van der Waals surface area contributed by atoms with Gasteiger partial charge in [-0.3, -0.25) is 4.79 Å². The van der Waals surface area contributed by atoms with Crippen molar-refractivity contribution in [2.24, 2.45) is 0 Å². The molecule has 0 spiro atoms. The summed E-state index contributed by atoms with van der Waals surface area (Å²) in [5, 5.41) is 0. The van der Waals surface area contributed by atoms with E-state index >= 15 is 0 Å². The number of ketones is 1. The maximum absolute atomic E-state index is 13.1. The molecule has 0 N–H and O–H groups in total. The van der Waals surface area contributed by atoms with Crippen molar-refractivity contribution < 1.29 is 13.6 Å². The molecule has 1 nitrogen and oxygen atoms in total. The van der Waals surface area contributed by atoms with Crippen molar-refractivity contribution >= 4 is 21.7 Å². The molecule has 4 heteroatoms. The molecule has 0 aromatic heterocycles. The van der Waals surface area contributed by atoms with Gasteiger partial charge in [-0.2, -0.15) is 0 Å². The Morgan fingerprint density at radius 3 is 2.11 bits per heavy atom. The van der Waals surface area contributed by atoms with Gasteiger partial charge in [0, 0.05) is 21.7 Å². The number of hydrogen-bond donors (Lipinski definition) is 0. The zero-order valence-electron chi connectivity index (χ0n) is 10.4. The molecule has 0 amide bonds. The first kappa shape index (κ1) is 13.9. The van der Waals surface area contributed by atoms with Crippen LogP contribution in [0, 0.1) is 25.5 Å². The van der Waals surface area contributed by atoms with Crippen LogP contribution >= 0.6 is 15.9 Å². The number of carbonyl (C=O) groups is 1. The average Bonchev–Trinajstić information content (AvgIpc) is 2.31. The van der Waals surface area contributed by atoms with Gasteiger partial charge in [0.1, 0.15) is 11.6 Å². The predicted molar refractivity (Wildman–Crippen MR) is 73.4 cm³/mol. The fraction of sp³-hybridized carbons (Fsp3) is 0.133. The topological polar surface area (TPSA) is 17.1 Å². The second-order valence-electron chi connectivity index (χ2n) is 4.40. The SMILES string of the molecule is Cc1cc(C(=O)c2cc(F)cc(F)c2)c(C)cc1Br. The molecular formula is C15H11BrF2O. The van der Waals surface area contributed by atoms with Gasteiger partial charge in [-0.1, -0.05) is 15.9 Å². The van der Waals surface area contributed by atoms with Crippen LogP contribution in [0.3, 0.4) is 0 Å². The van der Waals surface area contributed by atoms with Crippen LogP contribution < -0.4 is 0 Å². The zero-order valence-corrected chi connectivity index (χ0v) is 12.0. The van der Waals surface area contributed by atoms with E-state index in [9.17, 15) is 13.6 Å². The van der Waals surface area contributed by atoms with Crippen LogP contribution in [0.5, 0.6) is 0 Å². The van der Waals surface area contributed by atoms with Gasteiger partial charge in [0.05, 0.1) is 0 Å². The molecule has 2 aromatic rings. The van der Waals surface area contributed by atoms with Crippen molar-refractivity contribution in [2.45, 2.75) is 13.8 Å².